The number of carbonyl (C=O) groups excluding carboxylic acids is 1. The quantitative estimate of drug-likeness (QED) is 0.744. The Bertz CT molecular complexity index is 471. The second-order valence-electron chi connectivity index (χ2n) is 5.98. The van der Waals surface area contributed by atoms with E-state index >= 15 is 0 Å². The van der Waals surface area contributed by atoms with Gasteiger partial charge in [-0.1, -0.05) is 19.1 Å². The molecule has 1 fully saturated rings. The SMILES string of the molecule is CCOC(=O)[C@H]1CC[C@H](N2C=C(C(F)(F)F)C=CC2)C[C@@H]1C. The van der Waals surface area contributed by atoms with Crippen LogP contribution in [-0.4, -0.2) is 36.2 Å². The first kappa shape index (κ1) is 16.9. The molecule has 2 aliphatic rings. The fraction of sp³-hybridized carbons (Fsp3) is 0.688. The Morgan fingerprint density at radius 3 is 2.73 bits per heavy atom. The summed E-state index contributed by atoms with van der Waals surface area (Å²) in [6.45, 7) is 4.60. The molecule has 0 amide bonds. The zero-order valence-corrected chi connectivity index (χ0v) is 12.9. The number of hydrogen-bond acceptors (Lipinski definition) is 3. The molecule has 0 aromatic carbocycles. The summed E-state index contributed by atoms with van der Waals surface area (Å²) in [5.41, 5.74) is -0.612. The standard InChI is InChI=1S/C16H22F3NO2/c1-3-22-15(21)14-7-6-13(9-11(14)2)20-8-4-5-12(10-20)16(17,18)19/h4-5,10-11,13-14H,3,6-9H2,1-2H3/t11-,13-,14-/m0/s1. The van der Waals surface area contributed by atoms with Crippen LogP contribution in [-0.2, 0) is 9.53 Å². The maximum Gasteiger partial charge on any atom is 0.417 e. The van der Waals surface area contributed by atoms with Gasteiger partial charge in [-0.05, 0) is 32.1 Å². The van der Waals surface area contributed by atoms with Crippen LogP contribution in [0.3, 0.4) is 0 Å². The fourth-order valence-corrected chi connectivity index (χ4v) is 3.27. The number of carbonyl (C=O) groups is 1. The predicted molar refractivity (Wildman–Crippen MR) is 76.9 cm³/mol. The highest BCUT2D eigenvalue weighted by Gasteiger charge is 2.37. The molecule has 0 radical (unpaired) electrons. The van der Waals surface area contributed by atoms with Crippen LogP contribution in [0.2, 0.25) is 0 Å². The van der Waals surface area contributed by atoms with Crippen LogP contribution in [0.15, 0.2) is 23.9 Å². The predicted octanol–water partition coefficient (Wildman–Crippen LogP) is 3.67. The first-order chi connectivity index (χ1) is 10.3. The van der Waals surface area contributed by atoms with Crippen LogP contribution in [0.4, 0.5) is 13.2 Å². The first-order valence-corrected chi connectivity index (χ1v) is 7.70. The van der Waals surface area contributed by atoms with Crippen LogP contribution in [0.25, 0.3) is 0 Å². The molecule has 0 spiro atoms. The summed E-state index contributed by atoms with van der Waals surface area (Å²) in [4.78, 5) is 13.6. The molecule has 0 N–H and O–H groups in total. The van der Waals surface area contributed by atoms with E-state index in [2.05, 4.69) is 0 Å². The van der Waals surface area contributed by atoms with E-state index in [-0.39, 0.29) is 23.8 Å². The summed E-state index contributed by atoms with van der Waals surface area (Å²) in [6.07, 6.45) is 1.66. The van der Waals surface area contributed by atoms with Crippen molar-refractivity contribution in [3.63, 3.8) is 0 Å². The second kappa shape index (κ2) is 6.75. The number of allylic oxidation sites excluding steroid dienone is 2. The molecular formula is C16H22F3NO2. The Morgan fingerprint density at radius 2 is 2.14 bits per heavy atom. The van der Waals surface area contributed by atoms with E-state index in [0.717, 1.165) is 6.08 Å². The molecule has 1 aliphatic carbocycles. The van der Waals surface area contributed by atoms with Crippen molar-refractivity contribution in [3.05, 3.63) is 23.9 Å². The van der Waals surface area contributed by atoms with E-state index < -0.39 is 11.7 Å². The molecule has 124 valence electrons. The molecule has 1 heterocycles. The second-order valence-corrected chi connectivity index (χ2v) is 5.98. The van der Waals surface area contributed by atoms with Crippen molar-refractivity contribution >= 4 is 5.97 Å². The minimum atomic E-state index is -4.32. The van der Waals surface area contributed by atoms with Gasteiger partial charge in [-0.2, -0.15) is 13.2 Å². The van der Waals surface area contributed by atoms with Gasteiger partial charge in [-0.25, -0.2) is 0 Å². The summed E-state index contributed by atoms with van der Waals surface area (Å²) in [6, 6.07) is 0.0444. The lowest BCUT2D eigenvalue weighted by Crippen LogP contribution is -2.41. The van der Waals surface area contributed by atoms with Crippen LogP contribution in [0.5, 0.6) is 0 Å². The number of esters is 1. The van der Waals surface area contributed by atoms with Crippen LogP contribution in [0.1, 0.15) is 33.1 Å². The number of nitrogens with zero attached hydrogens (tertiary/aromatic N) is 1. The molecule has 1 aliphatic heterocycles. The van der Waals surface area contributed by atoms with Gasteiger partial charge in [0, 0.05) is 18.8 Å². The minimum absolute atomic E-state index is 0.0444. The van der Waals surface area contributed by atoms with E-state index in [0.29, 0.717) is 32.4 Å². The normalized spacial score (nSPS) is 29.2. The average molecular weight is 317 g/mol. The lowest BCUT2D eigenvalue weighted by atomic mass is 9.77. The molecule has 1 saturated carbocycles. The first-order valence-electron chi connectivity index (χ1n) is 7.70. The van der Waals surface area contributed by atoms with Gasteiger partial charge in [0.05, 0.1) is 18.1 Å². The number of ether oxygens (including phenoxy) is 1. The molecule has 0 aromatic heterocycles. The Hall–Kier alpha value is -1.46. The monoisotopic (exact) mass is 317 g/mol. The van der Waals surface area contributed by atoms with Crippen molar-refractivity contribution in [1.82, 2.24) is 4.90 Å². The van der Waals surface area contributed by atoms with Gasteiger partial charge in [0.1, 0.15) is 0 Å². The average Bonchev–Trinajstić information content (AvgIpc) is 2.46. The van der Waals surface area contributed by atoms with Crippen molar-refractivity contribution < 1.29 is 22.7 Å². The highest BCUT2D eigenvalue weighted by atomic mass is 19.4. The van der Waals surface area contributed by atoms with Gasteiger partial charge in [0.15, 0.2) is 0 Å². The van der Waals surface area contributed by atoms with E-state index in [1.54, 1.807) is 17.9 Å². The van der Waals surface area contributed by atoms with Crippen molar-refractivity contribution in [2.75, 3.05) is 13.2 Å². The van der Waals surface area contributed by atoms with E-state index in [9.17, 15) is 18.0 Å². The minimum Gasteiger partial charge on any atom is -0.466 e. The summed E-state index contributed by atoms with van der Waals surface area (Å²) in [5.74, 6) is -0.201. The molecule has 22 heavy (non-hydrogen) atoms. The third-order valence-electron chi connectivity index (χ3n) is 4.45. The maximum absolute atomic E-state index is 12.8. The molecule has 6 heteroatoms. The van der Waals surface area contributed by atoms with E-state index in [1.807, 2.05) is 6.92 Å². The lowest BCUT2D eigenvalue weighted by molar-refractivity contribution is -0.151. The molecular weight excluding hydrogens is 295 g/mol. The largest absolute Gasteiger partial charge is 0.466 e. The molecule has 0 saturated heterocycles. The van der Waals surface area contributed by atoms with Crippen LogP contribution in [0, 0.1) is 11.8 Å². The van der Waals surface area contributed by atoms with Crippen molar-refractivity contribution in [1.29, 1.82) is 0 Å². The number of hydrogen-bond donors (Lipinski definition) is 0. The van der Waals surface area contributed by atoms with Crippen LogP contribution >= 0.6 is 0 Å². The number of rotatable bonds is 3. The van der Waals surface area contributed by atoms with E-state index in [4.69, 9.17) is 4.74 Å². The van der Waals surface area contributed by atoms with Crippen molar-refractivity contribution in [3.8, 4) is 0 Å². The zero-order chi connectivity index (χ0) is 16.3. The van der Waals surface area contributed by atoms with Gasteiger partial charge >= 0.3 is 12.1 Å². The molecule has 0 unspecified atom stereocenters. The van der Waals surface area contributed by atoms with E-state index in [1.165, 1.54) is 6.20 Å². The summed E-state index contributed by atoms with van der Waals surface area (Å²) in [5, 5.41) is 0. The highest BCUT2D eigenvalue weighted by Crippen LogP contribution is 2.36. The Balaban J connectivity index is 2.00. The summed E-state index contributed by atoms with van der Waals surface area (Å²) in [7, 11) is 0. The molecule has 2 rings (SSSR count). The van der Waals surface area contributed by atoms with Gasteiger partial charge in [-0.15, -0.1) is 0 Å². The fourth-order valence-electron chi connectivity index (χ4n) is 3.27. The maximum atomic E-state index is 12.8. The molecule has 0 aromatic rings. The number of halogens is 3. The summed E-state index contributed by atoms with van der Waals surface area (Å²) < 4.78 is 43.5. The number of alkyl halides is 3. The third kappa shape index (κ3) is 3.84. The topological polar surface area (TPSA) is 29.5 Å². The molecule has 0 bridgehead atoms. The third-order valence-corrected chi connectivity index (χ3v) is 4.45. The van der Waals surface area contributed by atoms with Crippen LogP contribution < -0.4 is 0 Å². The van der Waals surface area contributed by atoms with Gasteiger partial charge < -0.3 is 9.64 Å². The highest BCUT2D eigenvalue weighted by molar-refractivity contribution is 5.72. The Labute approximate surface area is 128 Å². The Kier molecular flexibility index (Phi) is 5.19. The van der Waals surface area contributed by atoms with Crippen molar-refractivity contribution in [2.24, 2.45) is 11.8 Å². The smallest absolute Gasteiger partial charge is 0.417 e. The molecule has 3 nitrogen and oxygen atoms in total. The van der Waals surface area contributed by atoms with Gasteiger partial charge in [-0.3, -0.25) is 4.79 Å². The molecule has 3 atom stereocenters. The summed E-state index contributed by atoms with van der Waals surface area (Å²) >= 11 is 0. The van der Waals surface area contributed by atoms with Gasteiger partial charge in [0.25, 0.3) is 0 Å². The lowest BCUT2D eigenvalue weighted by Gasteiger charge is -2.39. The van der Waals surface area contributed by atoms with Gasteiger partial charge in [0.2, 0.25) is 0 Å². The zero-order valence-electron chi connectivity index (χ0n) is 12.9. The Morgan fingerprint density at radius 1 is 1.41 bits per heavy atom. The van der Waals surface area contributed by atoms with Crippen molar-refractivity contribution in [2.45, 2.75) is 45.3 Å².